The lowest BCUT2D eigenvalue weighted by Gasteiger charge is -2.12. The zero-order valence-electron chi connectivity index (χ0n) is 17.0. The molecule has 0 aliphatic carbocycles. The Labute approximate surface area is 205 Å². The van der Waals surface area contributed by atoms with E-state index in [-0.39, 0.29) is 27.7 Å². The van der Waals surface area contributed by atoms with Crippen LogP contribution in [-0.2, 0) is 4.79 Å². The third-order valence-electron chi connectivity index (χ3n) is 4.43. The van der Waals surface area contributed by atoms with Gasteiger partial charge in [-0.05, 0) is 64.0 Å². The van der Waals surface area contributed by atoms with Gasteiger partial charge in [-0.25, -0.2) is 0 Å². The highest BCUT2D eigenvalue weighted by Gasteiger charge is 2.19. The van der Waals surface area contributed by atoms with Gasteiger partial charge in [0.05, 0.1) is 15.4 Å². The van der Waals surface area contributed by atoms with Crippen LogP contribution in [0.2, 0.25) is 5.02 Å². The molecule has 3 aromatic carbocycles. The van der Waals surface area contributed by atoms with Gasteiger partial charge in [-0.2, -0.15) is 0 Å². The van der Waals surface area contributed by atoms with Crippen molar-refractivity contribution in [2.24, 2.45) is 0 Å². The van der Waals surface area contributed by atoms with Crippen molar-refractivity contribution in [1.29, 1.82) is 0 Å². The standard InChI is InChI=1S/C22H14BrClN4O6/c23-17-4-2-1-3-16(17)21(29)26-19(11-13-5-8-15(9-6-13)27(31)32)22(30)25-14-7-10-18(24)20(12-14)28(33)34/h1-12H,(H,25,30)(H,26,29)/b19-11+. The number of amides is 2. The SMILES string of the molecule is O=C(Nc1ccc(Cl)c([N+](=O)[O-])c1)/C(=C\c1ccc([N+](=O)[O-])cc1)NC(=O)c1ccccc1Br. The molecule has 0 radical (unpaired) electrons. The summed E-state index contributed by atoms with van der Waals surface area (Å²) in [6.45, 7) is 0. The fraction of sp³-hybridized carbons (Fsp3) is 0. The number of halogens is 2. The van der Waals surface area contributed by atoms with Crippen LogP contribution in [-0.4, -0.2) is 21.7 Å². The lowest BCUT2D eigenvalue weighted by Crippen LogP contribution is -2.31. The molecule has 34 heavy (non-hydrogen) atoms. The fourth-order valence-corrected chi connectivity index (χ4v) is 3.43. The number of nitro groups is 2. The number of anilines is 1. The summed E-state index contributed by atoms with van der Waals surface area (Å²) in [5.74, 6) is -1.38. The Bertz CT molecular complexity index is 1330. The number of nitro benzene ring substituents is 2. The van der Waals surface area contributed by atoms with E-state index >= 15 is 0 Å². The number of non-ortho nitro benzene ring substituents is 1. The van der Waals surface area contributed by atoms with Gasteiger partial charge in [-0.1, -0.05) is 23.7 Å². The molecule has 0 spiro atoms. The summed E-state index contributed by atoms with van der Waals surface area (Å²) in [6.07, 6.45) is 1.32. The van der Waals surface area contributed by atoms with Crippen molar-refractivity contribution in [2.75, 3.05) is 5.32 Å². The van der Waals surface area contributed by atoms with Gasteiger partial charge in [0.2, 0.25) is 0 Å². The highest BCUT2D eigenvalue weighted by Crippen LogP contribution is 2.27. The number of rotatable bonds is 7. The van der Waals surface area contributed by atoms with E-state index in [1.165, 1.54) is 42.5 Å². The van der Waals surface area contributed by atoms with Gasteiger partial charge in [-0.3, -0.25) is 29.8 Å². The molecule has 0 bridgehead atoms. The van der Waals surface area contributed by atoms with Crippen LogP contribution in [0.25, 0.3) is 6.08 Å². The van der Waals surface area contributed by atoms with Crippen LogP contribution in [0.3, 0.4) is 0 Å². The van der Waals surface area contributed by atoms with Crippen molar-refractivity contribution < 1.29 is 19.4 Å². The van der Waals surface area contributed by atoms with E-state index in [2.05, 4.69) is 26.6 Å². The molecule has 2 amide bonds. The Kier molecular flexibility index (Phi) is 7.71. The van der Waals surface area contributed by atoms with Crippen LogP contribution in [0, 0.1) is 20.2 Å². The van der Waals surface area contributed by atoms with Crippen molar-refractivity contribution in [2.45, 2.75) is 0 Å². The third kappa shape index (κ3) is 6.03. The van der Waals surface area contributed by atoms with Gasteiger partial charge in [0.25, 0.3) is 23.2 Å². The first-order chi connectivity index (χ1) is 16.2. The molecule has 0 saturated carbocycles. The van der Waals surface area contributed by atoms with E-state index in [0.717, 1.165) is 6.07 Å². The molecule has 172 valence electrons. The number of hydrogen-bond acceptors (Lipinski definition) is 6. The molecule has 0 aliphatic heterocycles. The molecule has 3 aromatic rings. The number of carbonyl (C=O) groups is 2. The second-order valence-corrected chi connectivity index (χ2v) is 7.98. The normalized spacial score (nSPS) is 10.9. The number of nitrogens with one attached hydrogen (secondary N) is 2. The number of benzene rings is 3. The van der Waals surface area contributed by atoms with Crippen molar-refractivity contribution in [3.8, 4) is 0 Å². The van der Waals surface area contributed by atoms with Crippen molar-refractivity contribution in [3.63, 3.8) is 0 Å². The molecule has 0 aromatic heterocycles. The highest BCUT2D eigenvalue weighted by molar-refractivity contribution is 9.10. The van der Waals surface area contributed by atoms with Crippen LogP contribution in [0.1, 0.15) is 15.9 Å². The van der Waals surface area contributed by atoms with Gasteiger partial charge in [0.15, 0.2) is 0 Å². The molecule has 0 atom stereocenters. The largest absolute Gasteiger partial charge is 0.320 e. The smallest absolute Gasteiger partial charge is 0.289 e. The van der Waals surface area contributed by atoms with Crippen LogP contribution < -0.4 is 10.6 Å². The maximum atomic E-state index is 13.0. The van der Waals surface area contributed by atoms with Gasteiger partial charge < -0.3 is 10.6 Å². The van der Waals surface area contributed by atoms with E-state index in [0.29, 0.717) is 10.0 Å². The zero-order chi connectivity index (χ0) is 24.8. The van der Waals surface area contributed by atoms with Crippen molar-refractivity contribution in [1.82, 2.24) is 5.32 Å². The molecule has 0 saturated heterocycles. The molecule has 2 N–H and O–H groups in total. The van der Waals surface area contributed by atoms with E-state index < -0.39 is 27.3 Å². The minimum absolute atomic E-state index is 0.0749. The first-order valence-corrected chi connectivity index (χ1v) is 10.6. The van der Waals surface area contributed by atoms with Gasteiger partial charge >= 0.3 is 0 Å². The van der Waals surface area contributed by atoms with E-state index in [9.17, 15) is 29.8 Å². The summed E-state index contributed by atoms with van der Waals surface area (Å²) in [4.78, 5) is 46.5. The van der Waals surface area contributed by atoms with E-state index in [1.807, 2.05) is 0 Å². The molecule has 0 heterocycles. The Hall–Kier alpha value is -4.09. The molecule has 0 aliphatic rings. The topological polar surface area (TPSA) is 144 Å². The summed E-state index contributed by atoms with van der Waals surface area (Å²) in [6, 6.07) is 15.6. The number of hydrogen-bond donors (Lipinski definition) is 2. The van der Waals surface area contributed by atoms with Crippen LogP contribution in [0.4, 0.5) is 17.1 Å². The predicted octanol–water partition coefficient (Wildman–Crippen LogP) is 5.33. The summed E-state index contributed by atoms with van der Waals surface area (Å²) in [5, 5.41) is 26.9. The highest BCUT2D eigenvalue weighted by atomic mass is 79.9. The van der Waals surface area contributed by atoms with E-state index in [1.54, 1.807) is 24.3 Å². The molecule has 0 unspecified atom stereocenters. The van der Waals surface area contributed by atoms with Crippen molar-refractivity contribution >= 4 is 62.5 Å². The van der Waals surface area contributed by atoms with Crippen LogP contribution in [0.5, 0.6) is 0 Å². The quantitative estimate of drug-likeness (QED) is 0.233. The van der Waals surface area contributed by atoms with Crippen LogP contribution >= 0.6 is 27.5 Å². The molecule has 3 rings (SSSR count). The summed E-state index contributed by atoms with van der Waals surface area (Å²) < 4.78 is 0.496. The van der Waals surface area contributed by atoms with E-state index in [4.69, 9.17) is 11.6 Å². The average Bonchev–Trinajstić information content (AvgIpc) is 2.80. The molecular formula is C22H14BrClN4O6. The lowest BCUT2D eigenvalue weighted by atomic mass is 10.1. The number of carbonyl (C=O) groups excluding carboxylic acids is 2. The van der Waals surface area contributed by atoms with Crippen molar-refractivity contribution in [3.05, 3.63) is 113 Å². The third-order valence-corrected chi connectivity index (χ3v) is 5.44. The fourth-order valence-electron chi connectivity index (χ4n) is 2.78. The Morgan fingerprint density at radius 2 is 1.62 bits per heavy atom. The predicted molar refractivity (Wildman–Crippen MR) is 129 cm³/mol. The van der Waals surface area contributed by atoms with Crippen LogP contribution in [0.15, 0.2) is 76.9 Å². The molecule has 10 nitrogen and oxygen atoms in total. The first kappa shape index (κ1) is 24.6. The Morgan fingerprint density at radius 1 is 0.941 bits per heavy atom. The summed E-state index contributed by atoms with van der Waals surface area (Å²) in [5.41, 5.74) is -0.0261. The second-order valence-electron chi connectivity index (χ2n) is 6.72. The van der Waals surface area contributed by atoms with Gasteiger partial charge in [0.1, 0.15) is 10.7 Å². The summed E-state index contributed by atoms with van der Waals surface area (Å²) >= 11 is 9.08. The molecular weight excluding hydrogens is 532 g/mol. The second kappa shape index (κ2) is 10.7. The zero-order valence-corrected chi connectivity index (χ0v) is 19.4. The summed E-state index contributed by atoms with van der Waals surface area (Å²) in [7, 11) is 0. The molecule has 12 heteroatoms. The average molecular weight is 546 g/mol. The molecule has 0 fully saturated rings. The Morgan fingerprint density at radius 3 is 2.24 bits per heavy atom. The lowest BCUT2D eigenvalue weighted by molar-refractivity contribution is -0.385. The Balaban J connectivity index is 1.95. The minimum atomic E-state index is -0.782. The maximum absolute atomic E-state index is 13.0. The maximum Gasteiger partial charge on any atom is 0.289 e. The number of nitrogens with zero attached hydrogens (tertiary/aromatic N) is 2. The van der Waals surface area contributed by atoms with Gasteiger partial charge in [-0.15, -0.1) is 0 Å². The van der Waals surface area contributed by atoms with Gasteiger partial charge in [0, 0.05) is 28.4 Å². The monoisotopic (exact) mass is 544 g/mol. The minimum Gasteiger partial charge on any atom is -0.320 e. The first-order valence-electron chi connectivity index (χ1n) is 9.43.